The fourth-order valence-corrected chi connectivity index (χ4v) is 4.32. The molecule has 1 aliphatic rings. The highest BCUT2D eigenvalue weighted by atomic mass is 127. The molecule has 0 radical (unpaired) electrons. The van der Waals surface area contributed by atoms with Crippen LogP contribution in [0.1, 0.15) is 26.5 Å². The molecule has 0 spiro atoms. The van der Waals surface area contributed by atoms with E-state index in [9.17, 15) is 9.59 Å². The summed E-state index contributed by atoms with van der Waals surface area (Å²) in [5, 5.41) is 8.80. The quantitative estimate of drug-likeness (QED) is 0.0877. The van der Waals surface area contributed by atoms with Crippen molar-refractivity contribution in [1.82, 2.24) is 9.47 Å². The Morgan fingerprint density at radius 1 is 1.00 bits per heavy atom. The maximum absolute atomic E-state index is 13.1. The molecule has 0 saturated heterocycles. The molecular weight excluding hydrogens is 577 g/mol. The van der Waals surface area contributed by atoms with Crippen LogP contribution in [0.2, 0.25) is 0 Å². The third-order valence-electron chi connectivity index (χ3n) is 5.94. The number of imidazole rings is 1. The number of imide groups is 1. The summed E-state index contributed by atoms with van der Waals surface area (Å²) in [6.07, 6.45) is 1.78. The number of rotatable bonds is 13. The molecule has 36 heavy (non-hydrogen) atoms. The smallest absolute Gasteiger partial charge is 0.278 e. The monoisotopic (exact) mass is 607 g/mol. The summed E-state index contributed by atoms with van der Waals surface area (Å²) in [6, 6.07) is 12.7. The zero-order valence-corrected chi connectivity index (χ0v) is 22.3. The number of amides is 2. The molecule has 2 heterocycles. The average molecular weight is 607 g/mol. The van der Waals surface area contributed by atoms with Crippen LogP contribution >= 0.6 is 0 Å². The van der Waals surface area contributed by atoms with Crippen molar-refractivity contribution in [2.24, 2.45) is 0 Å². The van der Waals surface area contributed by atoms with E-state index in [2.05, 4.69) is 11.1 Å². The van der Waals surface area contributed by atoms with E-state index >= 15 is 0 Å². The van der Waals surface area contributed by atoms with Crippen molar-refractivity contribution >= 4 is 22.8 Å². The van der Waals surface area contributed by atoms with Crippen LogP contribution in [-0.2, 0) is 29.1 Å². The van der Waals surface area contributed by atoms with Gasteiger partial charge in [-0.3, -0.25) is 14.5 Å². The zero-order chi connectivity index (χ0) is 24.8. The van der Waals surface area contributed by atoms with Crippen LogP contribution in [0.3, 0.4) is 0 Å². The number of aliphatic hydroxyl groups excluding tert-OH is 1. The molecule has 4 rings (SSSR count). The zero-order valence-electron chi connectivity index (χ0n) is 20.2. The molecular formula is C26H30IN3O6. The second-order valence-electron chi connectivity index (χ2n) is 8.01. The van der Waals surface area contributed by atoms with Crippen LogP contribution in [0.5, 0.6) is 5.75 Å². The number of aliphatic hydroxyl groups is 1. The second-order valence-corrected chi connectivity index (χ2v) is 8.01. The molecule has 192 valence electrons. The minimum Gasteiger partial charge on any atom is -1.00 e. The van der Waals surface area contributed by atoms with Crippen molar-refractivity contribution in [1.29, 1.82) is 0 Å². The Morgan fingerprint density at radius 3 is 2.28 bits per heavy atom. The number of fused-ring (bicyclic) bond motifs is 2. The lowest BCUT2D eigenvalue weighted by Crippen LogP contribution is -3.00. The SMILES string of the molecule is C=CCn1c(CN2C(=O)c3ccccc3C2=O)[n+](CCOCCOCCO)c2ccc(OC)cc21.[I-]. The van der Waals surface area contributed by atoms with Crippen LogP contribution < -0.4 is 33.3 Å². The number of aromatic nitrogens is 2. The van der Waals surface area contributed by atoms with Gasteiger partial charge in [0.25, 0.3) is 17.6 Å². The van der Waals surface area contributed by atoms with E-state index in [4.69, 9.17) is 19.3 Å². The molecule has 1 aromatic heterocycles. The van der Waals surface area contributed by atoms with E-state index in [1.807, 2.05) is 22.8 Å². The second kappa shape index (κ2) is 12.9. The fraction of sp³-hybridized carbons (Fsp3) is 0.346. The van der Waals surface area contributed by atoms with Gasteiger partial charge in [-0.05, 0) is 24.3 Å². The molecule has 9 nitrogen and oxygen atoms in total. The maximum Gasteiger partial charge on any atom is 0.278 e. The van der Waals surface area contributed by atoms with E-state index in [1.165, 1.54) is 4.90 Å². The van der Waals surface area contributed by atoms with Gasteiger partial charge in [-0.15, -0.1) is 0 Å². The van der Waals surface area contributed by atoms with Crippen molar-refractivity contribution in [3.05, 3.63) is 72.1 Å². The van der Waals surface area contributed by atoms with Crippen LogP contribution in [0.4, 0.5) is 0 Å². The van der Waals surface area contributed by atoms with E-state index in [0.29, 0.717) is 49.8 Å². The van der Waals surface area contributed by atoms with E-state index < -0.39 is 0 Å². The first kappa shape index (κ1) is 27.8. The summed E-state index contributed by atoms with van der Waals surface area (Å²) in [6.45, 7) is 6.44. The number of carbonyl (C=O) groups is 2. The molecule has 1 aliphatic heterocycles. The van der Waals surface area contributed by atoms with Gasteiger partial charge >= 0.3 is 0 Å². The molecule has 2 aromatic carbocycles. The summed E-state index contributed by atoms with van der Waals surface area (Å²) in [5.74, 6) is 0.879. The standard InChI is InChI=1S/C26H30N3O6.HI/c1-3-10-27-23-17-19(33-2)8-9-22(23)28(11-13-34-15-16-35-14-12-30)24(27)18-29-25(31)20-6-4-5-7-21(20)26(29)32;/h3-9,17,30H,1,10-16,18H2,2H3;1H/q+1;/p-1. The molecule has 0 bridgehead atoms. The molecule has 0 saturated carbocycles. The topological polar surface area (TPSA) is 94.1 Å². The Kier molecular flexibility index (Phi) is 9.99. The van der Waals surface area contributed by atoms with Gasteiger partial charge in [0.2, 0.25) is 0 Å². The number of ether oxygens (including phenoxy) is 3. The van der Waals surface area contributed by atoms with Crippen molar-refractivity contribution < 1.29 is 57.4 Å². The summed E-state index contributed by atoms with van der Waals surface area (Å²) < 4.78 is 20.5. The third-order valence-corrected chi connectivity index (χ3v) is 5.94. The number of allylic oxidation sites excluding steroid dienone is 1. The van der Waals surface area contributed by atoms with E-state index in [-0.39, 0.29) is 55.5 Å². The predicted octanol–water partition coefficient (Wildman–Crippen LogP) is -1.05. The maximum atomic E-state index is 13.1. The number of halogens is 1. The number of hydrogen-bond acceptors (Lipinski definition) is 6. The Bertz CT molecular complexity index is 1210. The highest BCUT2D eigenvalue weighted by molar-refractivity contribution is 6.21. The summed E-state index contributed by atoms with van der Waals surface area (Å²) >= 11 is 0. The van der Waals surface area contributed by atoms with Gasteiger partial charge in [-0.2, -0.15) is 0 Å². The van der Waals surface area contributed by atoms with Crippen LogP contribution in [-0.4, -0.2) is 66.5 Å². The fourth-order valence-electron chi connectivity index (χ4n) is 4.32. The molecule has 10 heteroatoms. The number of carbonyl (C=O) groups excluding carboxylic acids is 2. The Labute approximate surface area is 226 Å². The minimum absolute atomic E-state index is 0. The molecule has 3 aromatic rings. The van der Waals surface area contributed by atoms with Gasteiger partial charge in [0.15, 0.2) is 11.0 Å². The predicted molar refractivity (Wildman–Crippen MR) is 128 cm³/mol. The third kappa shape index (κ3) is 5.61. The molecule has 0 aliphatic carbocycles. The van der Waals surface area contributed by atoms with Gasteiger partial charge in [-0.1, -0.05) is 24.8 Å². The lowest BCUT2D eigenvalue weighted by atomic mass is 10.1. The first-order chi connectivity index (χ1) is 17.1. The van der Waals surface area contributed by atoms with Crippen molar-refractivity contribution in [3.8, 4) is 5.75 Å². The van der Waals surface area contributed by atoms with Crippen molar-refractivity contribution in [2.75, 3.05) is 40.1 Å². The number of nitrogens with zero attached hydrogens (tertiary/aromatic N) is 3. The molecule has 0 unspecified atom stereocenters. The molecule has 0 atom stereocenters. The van der Waals surface area contributed by atoms with E-state index in [1.54, 1.807) is 37.5 Å². The Morgan fingerprint density at radius 2 is 1.67 bits per heavy atom. The summed E-state index contributed by atoms with van der Waals surface area (Å²) in [4.78, 5) is 27.5. The highest BCUT2D eigenvalue weighted by Gasteiger charge is 2.38. The highest BCUT2D eigenvalue weighted by Crippen LogP contribution is 2.26. The Hall–Kier alpha value is -2.80. The van der Waals surface area contributed by atoms with Crippen LogP contribution in [0.25, 0.3) is 11.0 Å². The number of methoxy groups -OCH3 is 1. The van der Waals surface area contributed by atoms with Gasteiger partial charge in [0.05, 0.1) is 51.3 Å². The van der Waals surface area contributed by atoms with E-state index in [0.717, 1.165) is 16.9 Å². The number of benzene rings is 2. The summed E-state index contributed by atoms with van der Waals surface area (Å²) in [5.41, 5.74) is 2.67. The van der Waals surface area contributed by atoms with Gasteiger partial charge in [-0.25, -0.2) is 9.13 Å². The largest absolute Gasteiger partial charge is 1.00 e. The first-order valence-electron chi connectivity index (χ1n) is 11.5. The normalized spacial score (nSPS) is 12.7. The average Bonchev–Trinajstić information content (AvgIpc) is 3.30. The van der Waals surface area contributed by atoms with Crippen LogP contribution in [0, 0.1) is 0 Å². The van der Waals surface area contributed by atoms with Crippen LogP contribution in [0.15, 0.2) is 55.1 Å². The van der Waals surface area contributed by atoms with Gasteiger partial charge in [0.1, 0.15) is 25.4 Å². The molecule has 1 N–H and O–H groups in total. The lowest BCUT2D eigenvalue weighted by molar-refractivity contribution is -0.682. The van der Waals surface area contributed by atoms with Gasteiger partial charge in [0, 0.05) is 6.07 Å². The van der Waals surface area contributed by atoms with Crippen molar-refractivity contribution in [3.63, 3.8) is 0 Å². The van der Waals surface area contributed by atoms with Gasteiger partial charge < -0.3 is 43.3 Å². The summed E-state index contributed by atoms with van der Waals surface area (Å²) in [7, 11) is 1.61. The molecule has 2 amide bonds. The Balaban J connectivity index is 0.00000361. The lowest BCUT2D eigenvalue weighted by Gasteiger charge is -2.13. The minimum atomic E-state index is -0.303. The number of hydrogen-bond donors (Lipinski definition) is 1. The van der Waals surface area contributed by atoms with Crippen molar-refractivity contribution in [2.45, 2.75) is 19.6 Å². The first-order valence-corrected chi connectivity index (χ1v) is 11.5. The molecule has 0 fully saturated rings.